The van der Waals surface area contributed by atoms with E-state index in [0.717, 1.165) is 26.7 Å². The molecule has 0 saturated heterocycles. The molecule has 0 fully saturated rings. The molecule has 0 saturated carbocycles. The van der Waals surface area contributed by atoms with Crippen molar-refractivity contribution in [2.45, 2.75) is 6.54 Å². The van der Waals surface area contributed by atoms with E-state index < -0.39 is 0 Å². The van der Waals surface area contributed by atoms with Gasteiger partial charge in [-0.1, -0.05) is 42.5 Å². The Morgan fingerprint density at radius 2 is 1.65 bits per heavy atom. The Labute approximate surface area is 120 Å². The van der Waals surface area contributed by atoms with Crippen LogP contribution in [-0.2, 0) is 6.54 Å². The van der Waals surface area contributed by atoms with E-state index in [4.69, 9.17) is 5.73 Å². The first-order valence-corrected chi connectivity index (χ1v) is 7.10. The van der Waals surface area contributed by atoms with E-state index in [9.17, 15) is 4.39 Å². The lowest BCUT2D eigenvalue weighted by Crippen LogP contribution is -1.94. The van der Waals surface area contributed by atoms with E-state index in [1.165, 1.54) is 12.1 Å². The summed E-state index contributed by atoms with van der Waals surface area (Å²) in [7, 11) is 0. The van der Waals surface area contributed by atoms with Crippen LogP contribution in [0.5, 0.6) is 0 Å². The number of hydrogen-bond acceptors (Lipinski definition) is 3. The summed E-state index contributed by atoms with van der Waals surface area (Å²) in [4.78, 5) is 5.62. The van der Waals surface area contributed by atoms with E-state index >= 15 is 0 Å². The zero-order valence-electron chi connectivity index (χ0n) is 10.7. The summed E-state index contributed by atoms with van der Waals surface area (Å²) in [5.74, 6) is -0.237. The third-order valence-corrected chi connectivity index (χ3v) is 4.13. The summed E-state index contributed by atoms with van der Waals surface area (Å²) < 4.78 is 13.1. The maximum atomic E-state index is 13.1. The monoisotopic (exact) mass is 284 g/mol. The van der Waals surface area contributed by atoms with Crippen molar-refractivity contribution in [1.82, 2.24) is 4.98 Å². The molecule has 0 unspecified atom stereocenters. The van der Waals surface area contributed by atoms with Gasteiger partial charge < -0.3 is 5.73 Å². The molecule has 100 valence electrons. The first-order valence-electron chi connectivity index (χ1n) is 6.29. The van der Waals surface area contributed by atoms with Gasteiger partial charge in [0.1, 0.15) is 10.8 Å². The number of benzene rings is 2. The normalized spacial score (nSPS) is 10.7. The largest absolute Gasteiger partial charge is 0.325 e. The molecule has 1 aromatic heterocycles. The highest BCUT2D eigenvalue weighted by Crippen LogP contribution is 2.36. The lowest BCUT2D eigenvalue weighted by molar-refractivity contribution is 0.628. The molecule has 0 atom stereocenters. The summed E-state index contributed by atoms with van der Waals surface area (Å²) in [5, 5.41) is 0.878. The van der Waals surface area contributed by atoms with Crippen LogP contribution in [0.15, 0.2) is 54.6 Å². The smallest absolute Gasteiger partial charge is 0.123 e. The van der Waals surface area contributed by atoms with Crippen molar-refractivity contribution < 1.29 is 4.39 Å². The summed E-state index contributed by atoms with van der Waals surface area (Å²) in [6.45, 7) is 0.408. The van der Waals surface area contributed by atoms with Crippen LogP contribution in [0.2, 0.25) is 0 Å². The van der Waals surface area contributed by atoms with Gasteiger partial charge in [-0.15, -0.1) is 11.3 Å². The summed E-state index contributed by atoms with van der Waals surface area (Å²) in [5.41, 5.74) is 8.61. The fourth-order valence-corrected chi connectivity index (χ4v) is 3.01. The van der Waals surface area contributed by atoms with Crippen molar-refractivity contribution in [3.63, 3.8) is 0 Å². The maximum Gasteiger partial charge on any atom is 0.123 e. The maximum absolute atomic E-state index is 13.1. The second-order valence-electron chi connectivity index (χ2n) is 4.36. The van der Waals surface area contributed by atoms with Crippen LogP contribution >= 0.6 is 11.3 Å². The molecule has 0 amide bonds. The molecule has 2 aromatic carbocycles. The second-order valence-corrected chi connectivity index (χ2v) is 5.45. The summed E-state index contributed by atoms with van der Waals surface area (Å²) in [6.07, 6.45) is 0. The average Bonchev–Trinajstić information content (AvgIpc) is 2.93. The van der Waals surface area contributed by atoms with Gasteiger partial charge in [-0.25, -0.2) is 9.37 Å². The molecule has 0 aliphatic rings. The molecule has 0 aliphatic carbocycles. The number of hydrogen-bond donors (Lipinski definition) is 1. The van der Waals surface area contributed by atoms with Gasteiger partial charge in [0.2, 0.25) is 0 Å². The van der Waals surface area contributed by atoms with Gasteiger partial charge in [0, 0.05) is 12.1 Å². The topological polar surface area (TPSA) is 38.9 Å². The highest BCUT2D eigenvalue weighted by atomic mass is 32.1. The highest BCUT2D eigenvalue weighted by molar-refractivity contribution is 7.15. The van der Waals surface area contributed by atoms with Gasteiger partial charge in [0.05, 0.1) is 10.6 Å². The van der Waals surface area contributed by atoms with Crippen LogP contribution in [0, 0.1) is 5.82 Å². The molecule has 3 rings (SSSR count). The van der Waals surface area contributed by atoms with Gasteiger partial charge in [-0.2, -0.15) is 0 Å². The zero-order chi connectivity index (χ0) is 13.9. The molecule has 0 bridgehead atoms. The van der Waals surface area contributed by atoms with E-state index in [0.29, 0.717) is 6.54 Å². The Morgan fingerprint density at radius 3 is 2.30 bits per heavy atom. The SMILES string of the molecule is NCc1nc(-c2ccccc2)c(-c2ccc(F)cc2)s1. The van der Waals surface area contributed by atoms with Crippen LogP contribution < -0.4 is 5.73 Å². The van der Waals surface area contributed by atoms with Crippen LogP contribution in [0.3, 0.4) is 0 Å². The van der Waals surface area contributed by atoms with Gasteiger partial charge >= 0.3 is 0 Å². The van der Waals surface area contributed by atoms with Crippen LogP contribution in [0.4, 0.5) is 4.39 Å². The minimum atomic E-state index is -0.237. The standard InChI is InChI=1S/C16H13FN2S/c17-13-8-6-12(7-9-13)16-15(19-14(10-18)20-16)11-4-2-1-3-5-11/h1-9H,10,18H2. The summed E-state index contributed by atoms with van der Waals surface area (Å²) >= 11 is 1.55. The fourth-order valence-electron chi connectivity index (χ4n) is 2.04. The Balaban J connectivity index is 2.15. The van der Waals surface area contributed by atoms with Crippen molar-refractivity contribution in [1.29, 1.82) is 0 Å². The number of halogens is 1. The van der Waals surface area contributed by atoms with E-state index in [1.807, 2.05) is 30.3 Å². The Hall–Kier alpha value is -2.04. The summed E-state index contributed by atoms with van der Waals surface area (Å²) in [6, 6.07) is 16.4. The van der Waals surface area contributed by atoms with Gasteiger partial charge in [0.25, 0.3) is 0 Å². The first-order chi connectivity index (χ1) is 9.78. The number of rotatable bonds is 3. The molecular formula is C16H13FN2S. The number of nitrogens with zero attached hydrogens (tertiary/aromatic N) is 1. The predicted molar refractivity (Wildman–Crippen MR) is 80.8 cm³/mol. The molecule has 1 heterocycles. The lowest BCUT2D eigenvalue weighted by Gasteiger charge is -2.02. The minimum absolute atomic E-state index is 0.237. The van der Waals surface area contributed by atoms with E-state index in [-0.39, 0.29) is 5.82 Å². The second kappa shape index (κ2) is 5.53. The van der Waals surface area contributed by atoms with Crippen LogP contribution in [0.25, 0.3) is 21.7 Å². The van der Waals surface area contributed by atoms with Crippen molar-refractivity contribution in [2.75, 3.05) is 0 Å². The first kappa shape index (κ1) is 13.0. The molecule has 20 heavy (non-hydrogen) atoms. The van der Waals surface area contributed by atoms with Crippen LogP contribution in [-0.4, -0.2) is 4.98 Å². The third kappa shape index (κ3) is 2.48. The van der Waals surface area contributed by atoms with Crippen molar-refractivity contribution in [3.05, 3.63) is 65.4 Å². The number of thiazole rings is 1. The van der Waals surface area contributed by atoms with Crippen molar-refractivity contribution in [3.8, 4) is 21.7 Å². The molecule has 0 radical (unpaired) electrons. The number of nitrogens with two attached hydrogens (primary N) is 1. The van der Waals surface area contributed by atoms with Crippen molar-refractivity contribution >= 4 is 11.3 Å². The predicted octanol–water partition coefficient (Wildman–Crippen LogP) is 4.07. The quantitative estimate of drug-likeness (QED) is 0.787. The molecule has 2 N–H and O–H groups in total. The Bertz CT molecular complexity index is 705. The molecule has 4 heteroatoms. The van der Waals surface area contributed by atoms with Gasteiger partial charge in [0.15, 0.2) is 0 Å². The van der Waals surface area contributed by atoms with E-state index in [1.54, 1.807) is 23.5 Å². The number of aromatic nitrogens is 1. The highest BCUT2D eigenvalue weighted by Gasteiger charge is 2.14. The molecular weight excluding hydrogens is 271 g/mol. The lowest BCUT2D eigenvalue weighted by atomic mass is 10.1. The zero-order valence-corrected chi connectivity index (χ0v) is 11.5. The van der Waals surface area contributed by atoms with Gasteiger partial charge in [-0.3, -0.25) is 0 Å². The minimum Gasteiger partial charge on any atom is -0.325 e. The molecule has 0 aliphatic heterocycles. The van der Waals surface area contributed by atoms with E-state index in [2.05, 4.69) is 4.98 Å². The molecule has 3 aromatic rings. The average molecular weight is 284 g/mol. The Morgan fingerprint density at radius 1 is 0.950 bits per heavy atom. The van der Waals surface area contributed by atoms with Crippen LogP contribution in [0.1, 0.15) is 5.01 Å². The molecule has 2 nitrogen and oxygen atoms in total. The Kier molecular flexibility index (Phi) is 3.58. The molecule has 0 spiro atoms. The third-order valence-electron chi connectivity index (χ3n) is 3.00. The van der Waals surface area contributed by atoms with Crippen molar-refractivity contribution in [2.24, 2.45) is 5.73 Å². The van der Waals surface area contributed by atoms with Gasteiger partial charge in [-0.05, 0) is 17.7 Å². The fraction of sp³-hybridized carbons (Fsp3) is 0.0625.